The van der Waals surface area contributed by atoms with Gasteiger partial charge in [0.2, 0.25) is 0 Å². The summed E-state index contributed by atoms with van der Waals surface area (Å²) in [6.07, 6.45) is -1.32. The molecule has 1 aliphatic carbocycles. The van der Waals surface area contributed by atoms with Crippen LogP contribution in [0.2, 0.25) is 0 Å². The first-order chi connectivity index (χ1) is 13.9. The van der Waals surface area contributed by atoms with Crippen LogP contribution in [0.3, 0.4) is 0 Å². The van der Waals surface area contributed by atoms with Gasteiger partial charge in [0.1, 0.15) is 24.9 Å². The van der Waals surface area contributed by atoms with Crippen LogP contribution in [0.1, 0.15) is 18.0 Å². The van der Waals surface area contributed by atoms with Crippen LogP contribution < -0.4 is 16.6 Å². The predicted octanol–water partition coefficient (Wildman–Crippen LogP) is -0.321. The van der Waals surface area contributed by atoms with Crippen molar-refractivity contribution in [1.29, 1.82) is 0 Å². The largest absolute Gasteiger partial charge is 0.458 e. The molecule has 2 heterocycles. The van der Waals surface area contributed by atoms with Gasteiger partial charge in [-0.15, -0.1) is 0 Å². The molecule has 0 unspecified atom stereocenters. The molecule has 2 aromatic rings. The molecule has 29 heavy (non-hydrogen) atoms. The first-order valence-corrected chi connectivity index (χ1v) is 9.11. The molecule has 2 aliphatic rings. The molecule has 5 atom stereocenters. The van der Waals surface area contributed by atoms with E-state index in [-0.39, 0.29) is 13.0 Å². The summed E-state index contributed by atoms with van der Waals surface area (Å²) in [7, 11) is 0. The van der Waals surface area contributed by atoms with E-state index < -0.39 is 53.5 Å². The lowest BCUT2D eigenvalue weighted by molar-refractivity contribution is -0.147. The molecule has 1 saturated carbocycles. The summed E-state index contributed by atoms with van der Waals surface area (Å²) in [5.74, 6) is -1.20. The van der Waals surface area contributed by atoms with Gasteiger partial charge in [0, 0.05) is 18.2 Å². The number of fused-ring (bicyclic) bond motifs is 1. The van der Waals surface area contributed by atoms with Crippen molar-refractivity contribution in [2.24, 2.45) is 5.92 Å². The number of alkyl carbamates (subject to hydrolysis) is 1. The standard InChI is InChI=1S/C19H19N3O7/c23-13-6-7-22(18(26)20-13)12-8-11-14(17(25)29-16(11)15(12)24)21-19(27)28-9-10-4-2-1-3-5-10/h1-7,11-12,14-16,24H,8-9H2,(H,21,27)(H,20,23,26)/t11-,12-,14+,15-,16+/m1/s1. The van der Waals surface area contributed by atoms with E-state index in [0.717, 1.165) is 5.56 Å². The Balaban J connectivity index is 1.44. The molecule has 3 N–H and O–H groups in total. The Bertz CT molecular complexity index is 1030. The van der Waals surface area contributed by atoms with E-state index in [2.05, 4.69) is 10.3 Å². The van der Waals surface area contributed by atoms with Crippen LogP contribution in [0, 0.1) is 5.92 Å². The molecule has 4 rings (SSSR count). The lowest BCUT2D eigenvalue weighted by atomic mass is 9.99. The number of nitrogens with one attached hydrogen (secondary N) is 2. The second-order valence-corrected chi connectivity index (χ2v) is 7.06. The van der Waals surface area contributed by atoms with Crippen LogP contribution in [0.15, 0.2) is 52.2 Å². The molecule has 152 valence electrons. The second-order valence-electron chi connectivity index (χ2n) is 7.06. The molecule has 10 nitrogen and oxygen atoms in total. The Morgan fingerprint density at radius 2 is 2.00 bits per heavy atom. The zero-order valence-corrected chi connectivity index (χ0v) is 15.2. The third-order valence-corrected chi connectivity index (χ3v) is 5.30. The smallest absolute Gasteiger partial charge is 0.408 e. The summed E-state index contributed by atoms with van der Waals surface area (Å²) in [6.45, 7) is 0.0422. The lowest BCUT2D eigenvalue weighted by Gasteiger charge is -2.20. The monoisotopic (exact) mass is 401 g/mol. The van der Waals surface area contributed by atoms with E-state index in [9.17, 15) is 24.3 Å². The average molecular weight is 401 g/mol. The Kier molecular flexibility index (Phi) is 4.93. The highest BCUT2D eigenvalue weighted by molar-refractivity contribution is 5.83. The molecule has 0 radical (unpaired) electrons. The first-order valence-electron chi connectivity index (χ1n) is 9.11. The van der Waals surface area contributed by atoms with Gasteiger partial charge in [-0.25, -0.2) is 14.4 Å². The third kappa shape index (κ3) is 3.66. The number of ether oxygens (including phenoxy) is 2. The number of benzene rings is 1. The highest BCUT2D eigenvalue weighted by Crippen LogP contribution is 2.42. The average Bonchev–Trinajstić information content (AvgIpc) is 3.17. The molecule has 0 bridgehead atoms. The van der Waals surface area contributed by atoms with Gasteiger partial charge in [0.15, 0.2) is 0 Å². The minimum atomic E-state index is -1.15. The maximum absolute atomic E-state index is 12.2. The van der Waals surface area contributed by atoms with Gasteiger partial charge in [-0.1, -0.05) is 30.3 Å². The number of aromatic amines is 1. The van der Waals surface area contributed by atoms with Crippen molar-refractivity contribution < 1.29 is 24.2 Å². The van der Waals surface area contributed by atoms with E-state index in [1.54, 1.807) is 12.1 Å². The molecular weight excluding hydrogens is 382 g/mol. The van der Waals surface area contributed by atoms with Crippen molar-refractivity contribution in [1.82, 2.24) is 14.9 Å². The SMILES string of the molecule is O=C(N[C@@H]1C(=O)O[C@@H]2[C@H](O)[C@H](n3ccc(=O)[nH]c3=O)C[C@@H]21)OCc1ccccc1. The highest BCUT2D eigenvalue weighted by atomic mass is 16.6. The van der Waals surface area contributed by atoms with E-state index in [0.29, 0.717) is 0 Å². The number of carbonyl (C=O) groups is 2. The number of nitrogens with zero attached hydrogens (tertiary/aromatic N) is 1. The molecule has 10 heteroatoms. The summed E-state index contributed by atoms with van der Waals surface area (Å²) in [6, 6.07) is 8.54. The topological polar surface area (TPSA) is 140 Å². The summed E-state index contributed by atoms with van der Waals surface area (Å²) >= 11 is 0. The van der Waals surface area contributed by atoms with Crippen molar-refractivity contribution in [2.75, 3.05) is 0 Å². The van der Waals surface area contributed by atoms with E-state index in [1.165, 1.54) is 16.8 Å². The summed E-state index contributed by atoms with van der Waals surface area (Å²) in [5, 5.41) is 13.0. The maximum Gasteiger partial charge on any atom is 0.408 e. The number of amides is 1. The lowest BCUT2D eigenvalue weighted by Crippen LogP contribution is -2.43. The fourth-order valence-electron chi connectivity index (χ4n) is 3.91. The number of aliphatic hydroxyl groups is 1. The first kappa shape index (κ1) is 18.9. The Morgan fingerprint density at radius 3 is 2.72 bits per heavy atom. The second kappa shape index (κ2) is 7.55. The Morgan fingerprint density at radius 1 is 1.24 bits per heavy atom. The quantitative estimate of drug-likeness (QED) is 0.597. The summed E-state index contributed by atoms with van der Waals surface area (Å²) < 4.78 is 11.6. The fraction of sp³-hybridized carbons (Fsp3) is 0.368. The highest BCUT2D eigenvalue weighted by Gasteiger charge is 2.56. The van der Waals surface area contributed by atoms with E-state index >= 15 is 0 Å². The Labute approximate surface area is 164 Å². The normalized spacial score (nSPS) is 27.9. The fourth-order valence-corrected chi connectivity index (χ4v) is 3.91. The number of aliphatic hydroxyl groups excluding tert-OH is 1. The molecule has 1 aromatic heterocycles. The number of hydrogen-bond acceptors (Lipinski definition) is 7. The molecule has 1 saturated heterocycles. The van der Waals surface area contributed by atoms with Crippen molar-refractivity contribution in [3.05, 3.63) is 69.0 Å². The van der Waals surface area contributed by atoms with Gasteiger partial charge in [-0.3, -0.25) is 14.3 Å². The van der Waals surface area contributed by atoms with Gasteiger partial charge in [0.25, 0.3) is 5.56 Å². The van der Waals surface area contributed by atoms with E-state index in [4.69, 9.17) is 9.47 Å². The maximum atomic E-state index is 12.2. The molecule has 0 spiro atoms. The number of rotatable bonds is 4. The van der Waals surface area contributed by atoms with Crippen LogP contribution in [0.4, 0.5) is 4.79 Å². The van der Waals surface area contributed by atoms with Crippen LogP contribution in [0.5, 0.6) is 0 Å². The summed E-state index contributed by atoms with van der Waals surface area (Å²) in [4.78, 5) is 49.7. The van der Waals surface area contributed by atoms with Crippen molar-refractivity contribution in [2.45, 2.75) is 37.3 Å². The van der Waals surface area contributed by atoms with Gasteiger partial charge in [-0.2, -0.15) is 0 Å². The minimum Gasteiger partial charge on any atom is -0.458 e. The predicted molar refractivity (Wildman–Crippen MR) is 97.9 cm³/mol. The van der Waals surface area contributed by atoms with Gasteiger partial charge >= 0.3 is 17.8 Å². The number of H-pyrrole nitrogens is 1. The number of esters is 1. The van der Waals surface area contributed by atoms with Crippen LogP contribution >= 0.6 is 0 Å². The number of hydrogen-bond donors (Lipinski definition) is 3. The van der Waals surface area contributed by atoms with Crippen molar-refractivity contribution in [3.8, 4) is 0 Å². The molecule has 1 aliphatic heterocycles. The molecule has 1 amide bonds. The zero-order valence-electron chi connectivity index (χ0n) is 15.2. The van der Waals surface area contributed by atoms with Crippen LogP contribution in [-0.4, -0.2) is 45.0 Å². The van der Waals surface area contributed by atoms with Crippen LogP contribution in [0.25, 0.3) is 0 Å². The molecular formula is C19H19N3O7. The van der Waals surface area contributed by atoms with Crippen molar-refractivity contribution in [3.63, 3.8) is 0 Å². The van der Waals surface area contributed by atoms with Gasteiger partial charge in [-0.05, 0) is 12.0 Å². The third-order valence-electron chi connectivity index (χ3n) is 5.30. The molecule has 1 aromatic carbocycles. The minimum absolute atomic E-state index is 0.0422. The number of carbonyl (C=O) groups excluding carboxylic acids is 2. The molecule has 2 fully saturated rings. The zero-order chi connectivity index (χ0) is 20.5. The van der Waals surface area contributed by atoms with Gasteiger partial charge in [0.05, 0.1) is 6.04 Å². The van der Waals surface area contributed by atoms with Gasteiger partial charge < -0.3 is 19.9 Å². The van der Waals surface area contributed by atoms with Crippen molar-refractivity contribution >= 4 is 12.1 Å². The van der Waals surface area contributed by atoms with Crippen LogP contribution in [-0.2, 0) is 20.9 Å². The van der Waals surface area contributed by atoms with E-state index in [1.807, 2.05) is 18.2 Å². The summed E-state index contributed by atoms with van der Waals surface area (Å²) in [5.41, 5.74) is -0.422. The Hall–Kier alpha value is -3.40. The number of aromatic nitrogens is 2.